The summed E-state index contributed by atoms with van der Waals surface area (Å²) in [5, 5.41) is -0.324. The van der Waals surface area contributed by atoms with E-state index >= 15 is 0 Å². The Hall–Kier alpha value is -0.940. The number of rotatable bonds is 1. The standard InChI is InChI=1S/C5H5NO3S.C4H10/c7-10(8,9)5-3-1-2-4-6-5;1-4(2)3/h1-4H,(H,7,8,9);4H,1-3H3. The Morgan fingerprint density at radius 1 is 1.29 bits per heavy atom. The number of aromatic nitrogens is 1. The zero-order valence-corrected chi connectivity index (χ0v) is 9.32. The minimum absolute atomic E-state index is 0.324. The van der Waals surface area contributed by atoms with Crippen molar-refractivity contribution in [2.45, 2.75) is 25.8 Å². The largest absolute Gasteiger partial charge is 0.312 e. The van der Waals surface area contributed by atoms with Crippen LogP contribution >= 0.6 is 0 Å². The zero-order valence-electron chi connectivity index (χ0n) is 8.51. The van der Waals surface area contributed by atoms with Gasteiger partial charge in [-0.1, -0.05) is 26.8 Å². The maximum Gasteiger partial charge on any atom is 0.312 e. The lowest BCUT2D eigenvalue weighted by molar-refractivity contribution is 0.479. The summed E-state index contributed by atoms with van der Waals surface area (Å²) in [5.41, 5.74) is 0. The lowest BCUT2D eigenvalue weighted by Crippen LogP contribution is -1.99. The monoisotopic (exact) mass is 217 g/mol. The average molecular weight is 217 g/mol. The average Bonchev–Trinajstić information content (AvgIpc) is 2.03. The van der Waals surface area contributed by atoms with E-state index in [1.165, 1.54) is 18.3 Å². The summed E-state index contributed by atoms with van der Waals surface area (Å²) in [6, 6.07) is 4.26. The maximum atomic E-state index is 10.3. The fourth-order valence-corrected chi connectivity index (χ4v) is 0.944. The highest BCUT2D eigenvalue weighted by Crippen LogP contribution is 2.00. The van der Waals surface area contributed by atoms with Crippen LogP contribution in [0.4, 0.5) is 0 Å². The molecule has 0 saturated heterocycles. The predicted molar refractivity (Wildman–Crippen MR) is 54.6 cm³/mol. The molecule has 14 heavy (non-hydrogen) atoms. The summed E-state index contributed by atoms with van der Waals surface area (Å²) >= 11 is 0. The lowest BCUT2D eigenvalue weighted by atomic mass is 10.3. The van der Waals surface area contributed by atoms with E-state index in [0.717, 1.165) is 5.92 Å². The van der Waals surface area contributed by atoms with E-state index < -0.39 is 10.1 Å². The van der Waals surface area contributed by atoms with E-state index in [0.29, 0.717) is 0 Å². The molecule has 0 atom stereocenters. The third-order valence-electron chi connectivity index (χ3n) is 0.902. The first-order valence-corrected chi connectivity index (χ1v) is 5.66. The molecule has 0 aliphatic carbocycles. The van der Waals surface area contributed by atoms with Crippen molar-refractivity contribution in [3.63, 3.8) is 0 Å². The summed E-state index contributed by atoms with van der Waals surface area (Å²) in [6.45, 7) is 6.50. The molecule has 0 saturated carbocycles. The van der Waals surface area contributed by atoms with Gasteiger partial charge in [-0.2, -0.15) is 8.42 Å². The third-order valence-corrected chi connectivity index (χ3v) is 1.67. The Labute approximate surface area is 84.7 Å². The minimum Gasteiger partial charge on any atom is -0.281 e. The Morgan fingerprint density at radius 2 is 1.79 bits per heavy atom. The van der Waals surface area contributed by atoms with Crippen LogP contribution in [-0.4, -0.2) is 18.0 Å². The molecule has 0 fully saturated rings. The zero-order chi connectivity index (χ0) is 11.2. The van der Waals surface area contributed by atoms with E-state index in [1.54, 1.807) is 6.07 Å². The van der Waals surface area contributed by atoms with Crippen molar-refractivity contribution in [2.24, 2.45) is 5.92 Å². The van der Waals surface area contributed by atoms with Crippen LogP contribution in [0.5, 0.6) is 0 Å². The van der Waals surface area contributed by atoms with Crippen LogP contribution in [0.25, 0.3) is 0 Å². The molecule has 0 aromatic carbocycles. The maximum absolute atomic E-state index is 10.3. The highest BCUT2D eigenvalue weighted by Gasteiger charge is 2.07. The van der Waals surface area contributed by atoms with E-state index in [2.05, 4.69) is 25.8 Å². The van der Waals surface area contributed by atoms with Crippen LogP contribution in [-0.2, 0) is 10.1 Å². The molecule has 5 heteroatoms. The quantitative estimate of drug-likeness (QED) is 0.730. The number of nitrogens with zero attached hydrogens (tertiary/aromatic N) is 1. The number of hydrogen-bond acceptors (Lipinski definition) is 3. The van der Waals surface area contributed by atoms with E-state index in [9.17, 15) is 8.42 Å². The van der Waals surface area contributed by atoms with Crippen molar-refractivity contribution < 1.29 is 13.0 Å². The van der Waals surface area contributed by atoms with Crippen molar-refractivity contribution >= 4 is 10.1 Å². The fraction of sp³-hybridized carbons (Fsp3) is 0.444. The van der Waals surface area contributed by atoms with Crippen molar-refractivity contribution in [3.05, 3.63) is 24.4 Å². The van der Waals surface area contributed by atoms with Crippen LogP contribution in [0.15, 0.2) is 29.4 Å². The van der Waals surface area contributed by atoms with Gasteiger partial charge in [0.2, 0.25) is 0 Å². The van der Waals surface area contributed by atoms with Gasteiger partial charge in [-0.3, -0.25) is 4.55 Å². The highest BCUT2D eigenvalue weighted by atomic mass is 32.2. The Morgan fingerprint density at radius 3 is 2.00 bits per heavy atom. The van der Waals surface area contributed by atoms with Gasteiger partial charge in [0.15, 0.2) is 5.03 Å². The molecule has 80 valence electrons. The number of pyridine rings is 1. The lowest BCUT2D eigenvalue weighted by Gasteiger charge is -1.91. The van der Waals surface area contributed by atoms with Crippen molar-refractivity contribution in [3.8, 4) is 0 Å². The summed E-state index contributed by atoms with van der Waals surface area (Å²) in [7, 11) is -4.11. The van der Waals surface area contributed by atoms with E-state index in [-0.39, 0.29) is 5.03 Å². The molecule has 0 aliphatic rings. The molecular weight excluding hydrogens is 202 g/mol. The third kappa shape index (κ3) is 6.56. The molecule has 0 radical (unpaired) electrons. The van der Waals surface area contributed by atoms with Crippen molar-refractivity contribution in [1.82, 2.24) is 4.98 Å². The van der Waals surface area contributed by atoms with Gasteiger partial charge in [-0.05, 0) is 18.1 Å². The van der Waals surface area contributed by atoms with E-state index in [1.807, 2.05) is 0 Å². The molecule has 1 rings (SSSR count). The van der Waals surface area contributed by atoms with Crippen molar-refractivity contribution in [1.29, 1.82) is 0 Å². The molecule has 0 amide bonds. The molecule has 1 N–H and O–H groups in total. The predicted octanol–water partition coefficient (Wildman–Crippen LogP) is 1.99. The number of hydrogen-bond donors (Lipinski definition) is 1. The van der Waals surface area contributed by atoms with Crippen LogP contribution in [0, 0.1) is 5.92 Å². The molecule has 0 bridgehead atoms. The summed E-state index contributed by atoms with van der Waals surface area (Å²) < 4.78 is 29.1. The minimum atomic E-state index is -4.11. The van der Waals surface area contributed by atoms with Gasteiger partial charge >= 0.3 is 10.1 Å². The summed E-state index contributed by atoms with van der Waals surface area (Å²) in [6.07, 6.45) is 1.29. The topological polar surface area (TPSA) is 67.3 Å². The first-order valence-electron chi connectivity index (χ1n) is 4.22. The van der Waals surface area contributed by atoms with Crippen LogP contribution in [0.3, 0.4) is 0 Å². The first-order chi connectivity index (χ1) is 6.34. The molecule has 0 unspecified atom stereocenters. The molecular formula is C9H15NO3S. The van der Waals surface area contributed by atoms with Gasteiger partial charge in [0.1, 0.15) is 0 Å². The first kappa shape index (κ1) is 13.1. The van der Waals surface area contributed by atoms with Crippen LogP contribution in [0.1, 0.15) is 20.8 Å². The highest BCUT2D eigenvalue weighted by molar-refractivity contribution is 7.85. The summed E-state index contributed by atoms with van der Waals surface area (Å²) in [4.78, 5) is 3.41. The smallest absolute Gasteiger partial charge is 0.281 e. The van der Waals surface area contributed by atoms with E-state index in [4.69, 9.17) is 4.55 Å². The second-order valence-corrected chi connectivity index (χ2v) is 4.74. The van der Waals surface area contributed by atoms with Gasteiger partial charge in [0, 0.05) is 6.20 Å². The van der Waals surface area contributed by atoms with Crippen molar-refractivity contribution in [2.75, 3.05) is 0 Å². The van der Waals surface area contributed by atoms with Gasteiger partial charge in [-0.15, -0.1) is 0 Å². The van der Waals surface area contributed by atoms with Gasteiger partial charge < -0.3 is 0 Å². The molecule has 1 aromatic rings. The molecule has 0 spiro atoms. The summed E-state index contributed by atoms with van der Waals surface area (Å²) in [5.74, 6) is 0.833. The molecule has 0 aliphatic heterocycles. The second kappa shape index (κ2) is 5.72. The van der Waals surface area contributed by atoms with Crippen LogP contribution in [0.2, 0.25) is 0 Å². The Balaban J connectivity index is 0.000000364. The molecule has 1 aromatic heterocycles. The van der Waals surface area contributed by atoms with Crippen LogP contribution < -0.4 is 0 Å². The van der Waals surface area contributed by atoms with Gasteiger partial charge in [0.25, 0.3) is 0 Å². The van der Waals surface area contributed by atoms with Gasteiger partial charge in [0.05, 0.1) is 0 Å². The van der Waals surface area contributed by atoms with Gasteiger partial charge in [-0.25, -0.2) is 4.98 Å². The second-order valence-electron chi connectivity index (χ2n) is 3.38. The normalized spacial score (nSPS) is 10.6. The Kier molecular flexibility index (Phi) is 5.34. The molecule has 1 heterocycles. The Bertz CT molecular complexity index is 343. The molecule has 4 nitrogen and oxygen atoms in total. The SMILES string of the molecule is CC(C)C.O=S(=O)(O)c1ccccn1. The fourth-order valence-electron chi connectivity index (χ4n) is 0.500.